The van der Waals surface area contributed by atoms with Crippen molar-refractivity contribution < 1.29 is 4.74 Å². The van der Waals surface area contributed by atoms with Gasteiger partial charge in [0.25, 0.3) is 0 Å². The molecule has 0 aromatic heterocycles. The standard InChI is InChI=1S/C16H23BrClNO/c1-15(2)9-11(16(3,4)20-15)14(19-5)10-6-7-13(18)12(17)8-10/h6-8,11,14,19H,9H2,1-5H3. The number of nitrogens with one attached hydrogen (secondary N) is 1. The second-order valence-electron chi connectivity index (χ2n) is 6.72. The molecule has 1 aliphatic heterocycles. The first-order valence-electron chi connectivity index (χ1n) is 6.99. The lowest BCUT2D eigenvalue weighted by molar-refractivity contribution is -0.0776. The lowest BCUT2D eigenvalue weighted by Crippen LogP contribution is -2.37. The van der Waals surface area contributed by atoms with E-state index in [1.807, 2.05) is 13.1 Å². The van der Waals surface area contributed by atoms with Crippen LogP contribution < -0.4 is 5.32 Å². The first-order valence-corrected chi connectivity index (χ1v) is 8.16. The van der Waals surface area contributed by atoms with E-state index < -0.39 is 0 Å². The van der Waals surface area contributed by atoms with Crippen LogP contribution in [0.1, 0.15) is 45.7 Å². The molecule has 20 heavy (non-hydrogen) atoms. The zero-order valence-corrected chi connectivity index (χ0v) is 15.1. The first-order chi connectivity index (χ1) is 9.16. The Balaban J connectivity index is 2.35. The molecule has 0 spiro atoms. The van der Waals surface area contributed by atoms with Crippen LogP contribution >= 0.6 is 27.5 Å². The van der Waals surface area contributed by atoms with Crippen LogP contribution in [0.4, 0.5) is 0 Å². The number of hydrogen-bond donors (Lipinski definition) is 1. The maximum absolute atomic E-state index is 6.23. The Kier molecular flexibility index (Phi) is 4.56. The summed E-state index contributed by atoms with van der Waals surface area (Å²) in [5, 5.41) is 4.20. The largest absolute Gasteiger partial charge is 0.369 e. The molecular weight excluding hydrogens is 338 g/mol. The average Bonchev–Trinajstić information content (AvgIpc) is 2.53. The van der Waals surface area contributed by atoms with E-state index in [1.54, 1.807) is 0 Å². The van der Waals surface area contributed by atoms with Gasteiger partial charge < -0.3 is 10.1 Å². The molecule has 4 heteroatoms. The predicted octanol–water partition coefficient (Wildman–Crippen LogP) is 4.96. The number of rotatable bonds is 3. The Morgan fingerprint density at radius 3 is 2.45 bits per heavy atom. The van der Waals surface area contributed by atoms with E-state index in [9.17, 15) is 0 Å². The van der Waals surface area contributed by atoms with Crippen LogP contribution in [0.3, 0.4) is 0 Å². The molecule has 2 atom stereocenters. The van der Waals surface area contributed by atoms with Crippen molar-refractivity contribution in [1.82, 2.24) is 5.32 Å². The molecule has 0 bridgehead atoms. The fourth-order valence-corrected chi connectivity index (χ4v) is 3.94. The third-order valence-electron chi connectivity index (χ3n) is 4.16. The molecule has 2 nitrogen and oxygen atoms in total. The Labute approximate surface area is 135 Å². The molecule has 1 saturated heterocycles. The molecule has 1 aromatic rings. The number of halogens is 2. The van der Waals surface area contributed by atoms with Gasteiger partial charge in [-0.25, -0.2) is 0 Å². The van der Waals surface area contributed by atoms with Crippen molar-refractivity contribution in [3.8, 4) is 0 Å². The van der Waals surface area contributed by atoms with Crippen LogP contribution in [0.25, 0.3) is 0 Å². The summed E-state index contributed by atoms with van der Waals surface area (Å²) in [7, 11) is 2.01. The molecule has 1 aromatic carbocycles. The van der Waals surface area contributed by atoms with Crippen LogP contribution in [0.15, 0.2) is 22.7 Å². The van der Waals surface area contributed by atoms with Gasteiger partial charge in [-0.1, -0.05) is 17.7 Å². The molecule has 0 aliphatic carbocycles. The second kappa shape index (κ2) is 5.60. The highest BCUT2D eigenvalue weighted by Crippen LogP contribution is 2.47. The highest BCUT2D eigenvalue weighted by atomic mass is 79.9. The van der Waals surface area contributed by atoms with Crippen molar-refractivity contribution in [1.29, 1.82) is 0 Å². The quantitative estimate of drug-likeness (QED) is 0.823. The Hall–Kier alpha value is -0.0900. The van der Waals surface area contributed by atoms with Gasteiger partial charge in [0, 0.05) is 16.4 Å². The van der Waals surface area contributed by atoms with Gasteiger partial charge in [0.05, 0.1) is 16.2 Å². The molecule has 1 aliphatic rings. The lowest BCUT2D eigenvalue weighted by atomic mass is 9.79. The zero-order chi connectivity index (χ0) is 15.1. The molecule has 0 amide bonds. The Bertz CT molecular complexity index is 501. The fourth-order valence-electron chi connectivity index (χ4n) is 3.43. The van der Waals surface area contributed by atoms with E-state index in [4.69, 9.17) is 16.3 Å². The summed E-state index contributed by atoms with van der Waals surface area (Å²) < 4.78 is 7.17. The monoisotopic (exact) mass is 359 g/mol. The Morgan fingerprint density at radius 2 is 2.00 bits per heavy atom. The number of hydrogen-bond acceptors (Lipinski definition) is 2. The van der Waals surface area contributed by atoms with Crippen LogP contribution in [0, 0.1) is 5.92 Å². The van der Waals surface area contributed by atoms with Gasteiger partial charge >= 0.3 is 0 Å². The summed E-state index contributed by atoms with van der Waals surface area (Å²) in [5.74, 6) is 0.413. The topological polar surface area (TPSA) is 21.3 Å². The maximum atomic E-state index is 6.23. The summed E-state index contributed by atoms with van der Waals surface area (Å²) in [5.41, 5.74) is 1.01. The molecule has 2 unspecified atom stereocenters. The minimum Gasteiger partial charge on any atom is -0.369 e. The van der Waals surface area contributed by atoms with E-state index in [1.165, 1.54) is 5.56 Å². The highest BCUT2D eigenvalue weighted by molar-refractivity contribution is 9.10. The van der Waals surface area contributed by atoms with Gasteiger partial charge in [0.15, 0.2) is 0 Å². The second-order valence-corrected chi connectivity index (χ2v) is 7.98. The molecular formula is C16H23BrClNO. The molecule has 1 N–H and O–H groups in total. The molecule has 112 valence electrons. The van der Waals surface area contributed by atoms with Crippen LogP contribution in [0.5, 0.6) is 0 Å². The van der Waals surface area contributed by atoms with Gasteiger partial charge in [-0.2, -0.15) is 0 Å². The molecule has 0 saturated carbocycles. The molecule has 1 fully saturated rings. The van der Waals surface area contributed by atoms with Gasteiger partial charge in [0.1, 0.15) is 0 Å². The SMILES string of the molecule is CNC(c1ccc(Cl)c(Br)c1)C1CC(C)(C)OC1(C)C. The van der Waals surface area contributed by atoms with Gasteiger partial charge in [-0.3, -0.25) is 0 Å². The number of benzene rings is 1. The highest BCUT2D eigenvalue weighted by Gasteiger charge is 2.49. The normalized spacial score (nSPS) is 25.6. The van der Waals surface area contributed by atoms with Gasteiger partial charge in [0.2, 0.25) is 0 Å². The summed E-state index contributed by atoms with van der Waals surface area (Å²) in [6, 6.07) is 6.39. The van der Waals surface area contributed by atoms with Crippen molar-refractivity contribution in [2.24, 2.45) is 5.92 Å². The third kappa shape index (κ3) is 3.22. The smallest absolute Gasteiger partial charge is 0.0681 e. The fraction of sp³-hybridized carbons (Fsp3) is 0.625. The maximum Gasteiger partial charge on any atom is 0.0681 e. The average molecular weight is 361 g/mol. The zero-order valence-electron chi connectivity index (χ0n) is 12.8. The summed E-state index contributed by atoms with van der Waals surface area (Å²) in [4.78, 5) is 0. The van der Waals surface area contributed by atoms with Crippen molar-refractivity contribution in [3.63, 3.8) is 0 Å². The summed E-state index contributed by atoms with van der Waals surface area (Å²) in [6.07, 6.45) is 1.03. The van der Waals surface area contributed by atoms with Gasteiger partial charge in [-0.15, -0.1) is 0 Å². The first kappa shape index (κ1) is 16.3. The van der Waals surface area contributed by atoms with Crippen LogP contribution in [0.2, 0.25) is 5.02 Å². The van der Waals surface area contributed by atoms with Gasteiger partial charge in [-0.05, 0) is 74.8 Å². The van der Waals surface area contributed by atoms with E-state index in [0.717, 1.165) is 15.9 Å². The molecule has 1 heterocycles. The minimum absolute atomic E-state index is 0.0765. The van der Waals surface area contributed by atoms with E-state index in [-0.39, 0.29) is 17.2 Å². The third-order valence-corrected chi connectivity index (χ3v) is 5.37. The number of ether oxygens (including phenoxy) is 1. The van der Waals surface area contributed by atoms with E-state index in [2.05, 4.69) is 61.1 Å². The Morgan fingerprint density at radius 1 is 1.35 bits per heavy atom. The molecule has 0 radical (unpaired) electrons. The van der Waals surface area contributed by atoms with Crippen LogP contribution in [-0.2, 0) is 4.74 Å². The minimum atomic E-state index is -0.150. The van der Waals surface area contributed by atoms with E-state index >= 15 is 0 Å². The lowest BCUT2D eigenvalue weighted by Gasteiger charge is -2.33. The van der Waals surface area contributed by atoms with E-state index in [0.29, 0.717) is 5.92 Å². The summed E-state index contributed by atoms with van der Waals surface area (Å²) >= 11 is 9.61. The van der Waals surface area contributed by atoms with Crippen LogP contribution in [-0.4, -0.2) is 18.2 Å². The van der Waals surface area contributed by atoms with Crippen molar-refractivity contribution in [2.45, 2.75) is 51.4 Å². The molecule has 2 rings (SSSR count). The van der Waals surface area contributed by atoms with Crippen molar-refractivity contribution in [2.75, 3.05) is 7.05 Å². The van der Waals surface area contributed by atoms with Crippen molar-refractivity contribution in [3.05, 3.63) is 33.3 Å². The summed E-state index contributed by atoms with van der Waals surface area (Å²) in [6.45, 7) is 8.70. The predicted molar refractivity (Wildman–Crippen MR) is 88.3 cm³/mol. The van der Waals surface area contributed by atoms with Crippen molar-refractivity contribution >= 4 is 27.5 Å².